The molecule has 29 heavy (non-hydrogen) atoms. The Bertz CT molecular complexity index is 809. The first-order chi connectivity index (χ1) is 13.8. The van der Waals surface area contributed by atoms with Crippen LogP contribution in [0.1, 0.15) is 30.7 Å². The molecule has 0 radical (unpaired) electrons. The molecule has 2 aliphatic rings. The van der Waals surface area contributed by atoms with Gasteiger partial charge in [-0.2, -0.15) is 13.2 Å². The number of ether oxygens (including phenoxy) is 1. The maximum absolute atomic E-state index is 10.6. The zero-order valence-corrected chi connectivity index (χ0v) is 15.7. The van der Waals surface area contributed by atoms with Crippen molar-refractivity contribution in [3.8, 4) is 0 Å². The molecule has 1 aliphatic carbocycles. The van der Waals surface area contributed by atoms with Crippen LogP contribution in [0.5, 0.6) is 0 Å². The van der Waals surface area contributed by atoms with Crippen LogP contribution in [-0.4, -0.2) is 50.4 Å². The number of anilines is 1. The third kappa shape index (κ3) is 6.14. The zero-order valence-electron chi connectivity index (χ0n) is 15.7. The average Bonchev–Trinajstić information content (AvgIpc) is 3.47. The number of alkyl halides is 3. The highest BCUT2D eigenvalue weighted by atomic mass is 19.4. The van der Waals surface area contributed by atoms with Gasteiger partial charge in [-0.25, -0.2) is 9.48 Å². The molecular weight excluding hydrogens is 391 g/mol. The molecule has 1 aliphatic heterocycles. The molecule has 0 unspecified atom stereocenters. The fourth-order valence-electron chi connectivity index (χ4n) is 2.87. The van der Waals surface area contributed by atoms with Gasteiger partial charge in [-0.05, 0) is 37.3 Å². The van der Waals surface area contributed by atoms with E-state index < -0.39 is 12.1 Å². The third-order valence-electron chi connectivity index (χ3n) is 4.60. The minimum absolute atomic E-state index is 0.576. The number of hydrogen-bond acceptors (Lipinski definition) is 6. The quantitative estimate of drug-likeness (QED) is 0.805. The third-order valence-corrected chi connectivity index (χ3v) is 4.60. The summed E-state index contributed by atoms with van der Waals surface area (Å²) in [5.74, 6) is -1.98. The van der Waals surface area contributed by atoms with E-state index >= 15 is 0 Å². The molecule has 0 saturated heterocycles. The maximum atomic E-state index is 10.6. The van der Waals surface area contributed by atoms with Gasteiger partial charge in [0.25, 0.3) is 0 Å². The zero-order chi connectivity index (χ0) is 20.9. The molecule has 1 N–H and O–H groups in total. The van der Waals surface area contributed by atoms with Crippen molar-refractivity contribution < 1.29 is 27.8 Å². The molecule has 0 spiro atoms. The number of carboxylic acids is 1. The number of carboxylic acid groups (broad SMARTS) is 1. The lowest BCUT2D eigenvalue weighted by Crippen LogP contribution is -2.23. The summed E-state index contributed by atoms with van der Waals surface area (Å²) in [6.07, 6.45) is 2.34. The monoisotopic (exact) mass is 413 g/mol. The molecule has 0 amide bonds. The number of nitrogens with zero attached hydrogens (tertiary/aromatic N) is 5. The van der Waals surface area contributed by atoms with Crippen molar-refractivity contribution in [3.63, 3.8) is 0 Å². The molecule has 2 aromatic heterocycles. The summed E-state index contributed by atoms with van der Waals surface area (Å²) >= 11 is 0. The first-order valence-electron chi connectivity index (χ1n) is 9.28. The predicted molar refractivity (Wildman–Crippen MR) is 96.0 cm³/mol. The highest BCUT2D eigenvalue weighted by Gasteiger charge is 2.38. The Morgan fingerprint density at radius 2 is 2.07 bits per heavy atom. The van der Waals surface area contributed by atoms with Crippen LogP contribution < -0.4 is 4.90 Å². The first-order valence-corrected chi connectivity index (χ1v) is 9.28. The SMILES string of the molecule is O=C(O)C(F)(F)F.c1cncc(N2CCCn3nnc(COCC4CC4)c3C2)c1. The van der Waals surface area contributed by atoms with Crippen molar-refractivity contribution in [1.29, 1.82) is 0 Å². The van der Waals surface area contributed by atoms with Crippen molar-refractivity contribution >= 4 is 11.7 Å². The molecule has 158 valence electrons. The van der Waals surface area contributed by atoms with Crippen LogP contribution in [0.25, 0.3) is 0 Å². The van der Waals surface area contributed by atoms with Crippen LogP contribution in [0, 0.1) is 5.92 Å². The van der Waals surface area contributed by atoms with E-state index in [1.54, 1.807) is 0 Å². The normalized spacial score (nSPS) is 16.4. The summed E-state index contributed by atoms with van der Waals surface area (Å²) in [7, 11) is 0. The Balaban J connectivity index is 0.000000298. The van der Waals surface area contributed by atoms with Gasteiger partial charge in [0.2, 0.25) is 0 Å². The number of carbonyl (C=O) groups is 1. The fraction of sp³-hybridized carbons (Fsp3) is 0.556. The minimum atomic E-state index is -5.08. The number of pyridine rings is 1. The van der Waals surface area contributed by atoms with Crippen LogP contribution in [0.3, 0.4) is 0 Å². The molecule has 8 nitrogen and oxygen atoms in total. The summed E-state index contributed by atoms with van der Waals surface area (Å²) in [5, 5.41) is 15.8. The van der Waals surface area contributed by atoms with Crippen molar-refractivity contribution in [1.82, 2.24) is 20.0 Å². The van der Waals surface area contributed by atoms with E-state index in [1.807, 2.05) is 23.1 Å². The van der Waals surface area contributed by atoms with Crippen LogP contribution in [0.4, 0.5) is 18.9 Å². The molecule has 0 aromatic carbocycles. The van der Waals surface area contributed by atoms with Crippen molar-refractivity contribution in [3.05, 3.63) is 35.9 Å². The van der Waals surface area contributed by atoms with E-state index in [-0.39, 0.29) is 0 Å². The van der Waals surface area contributed by atoms with E-state index in [1.165, 1.54) is 18.5 Å². The molecule has 2 aromatic rings. The van der Waals surface area contributed by atoms with Gasteiger partial charge in [-0.1, -0.05) is 5.21 Å². The molecule has 1 saturated carbocycles. The van der Waals surface area contributed by atoms with Gasteiger partial charge < -0.3 is 14.7 Å². The van der Waals surface area contributed by atoms with Crippen LogP contribution in [0.15, 0.2) is 24.5 Å². The van der Waals surface area contributed by atoms with Crippen molar-refractivity contribution in [2.45, 2.75) is 45.1 Å². The first kappa shape index (κ1) is 21.0. The Kier molecular flexibility index (Phi) is 6.68. The predicted octanol–water partition coefficient (Wildman–Crippen LogP) is 2.64. The summed E-state index contributed by atoms with van der Waals surface area (Å²) in [5.41, 5.74) is 3.32. The molecule has 4 rings (SSSR count). The van der Waals surface area contributed by atoms with Gasteiger partial charge in [0.15, 0.2) is 0 Å². The number of hydrogen-bond donors (Lipinski definition) is 1. The largest absolute Gasteiger partial charge is 0.490 e. The number of rotatable bonds is 5. The smallest absolute Gasteiger partial charge is 0.475 e. The van der Waals surface area contributed by atoms with Gasteiger partial charge in [0.1, 0.15) is 5.69 Å². The van der Waals surface area contributed by atoms with E-state index in [0.717, 1.165) is 50.0 Å². The standard InChI is InChI=1S/C16H21N5O.C2HF3O2/c1-3-14(9-17-6-1)20-7-2-8-21-16(10-20)15(18-19-21)12-22-11-13-4-5-13;3-2(4,5)1(6)7/h1,3,6,9,13H,2,4-5,7-8,10-12H2;(H,6,7). The number of aromatic nitrogens is 4. The molecular formula is C18H22F3N5O3. The Hall–Kier alpha value is -2.69. The number of halogens is 3. The van der Waals surface area contributed by atoms with E-state index in [0.29, 0.717) is 6.61 Å². The summed E-state index contributed by atoms with van der Waals surface area (Å²) in [6, 6.07) is 4.09. The molecule has 0 atom stereocenters. The summed E-state index contributed by atoms with van der Waals surface area (Å²) in [4.78, 5) is 15.5. The fourth-order valence-corrected chi connectivity index (χ4v) is 2.87. The second-order valence-corrected chi connectivity index (χ2v) is 6.95. The second-order valence-electron chi connectivity index (χ2n) is 6.95. The second kappa shape index (κ2) is 9.21. The highest BCUT2D eigenvalue weighted by molar-refractivity contribution is 5.73. The number of aryl methyl sites for hydroxylation is 1. The molecule has 11 heteroatoms. The minimum Gasteiger partial charge on any atom is -0.475 e. The van der Waals surface area contributed by atoms with Gasteiger partial charge in [0, 0.05) is 25.9 Å². The van der Waals surface area contributed by atoms with Crippen molar-refractivity contribution in [2.24, 2.45) is 5.92 Å². The Morgan fingerprint density at radius 3 is 2.69 bits per heavy atom. The maximum Gasteiger partial charge on any atom is 0.490 e. The van der Waals surface area contributed by atoms with Gasteiger partial charge in [-0.3, -0.25) is 4.98 Å². The number of fused-ring (bicyclic) bond motifs is 1. The summed E-state index contributed by atoms with van der Waals surface area (Å²) < 4.78 is 39.6. The topological polar surface area (TPSA) is 93.4 Å². The lowest BCUT2D eigenvalue weighted by Gasteiger charge is -2.22. The number of aliphatic carboxylic acids is 1. The van der Waals surface area contributed by atoms with Gasteiger partial charge in [0.05, 0.1) is 30.7 Å². The van der Waals surface area contributed by atoms with Gasteiger partial charge in [-0.15, -0.1) is 5.10 Å². The van der Waals surface area contributed by atoms with E-state index in [9.17, 15) is 13.2 Å². The van der Waals surface area contributed by atoms with E-state index in [2.05, 4.69) is 26.3 Å². The Morgan fingerprint density at radius 1 is 1.31 bits per heavy atom. The Labute approximate surface area is 165 Å². The van der Waals surface area contributed by atoms with Gasteiger partial charge >= 0.3 is 12.1 Å². The molecule has 3 heterocycles. The molecule has 1 fully saturated rings. The lowest BCUT2D eigenvalue weighted by atomic mass is 10.2. The lowest BCUT2D eigenvalue weighted by molar-refractivity contribution is -0.192. The summed E-state index contributed by atoms with van der Waals surface area (Å²) in [6.45, 7) is 4.19. The van der Waals surface area contributed by atoms with Crippen LogP contribution >= 0.6 is 0 Å². The average molecular weight is 413 g/mol. The molecule has 0 bridgehead atoms. The van der Waals surface area contributed by atoms with Crippen molar-refractivity contribution in [2.75, 3.05) is 18.1 Å². The highest BCUT2D eigenvalue weighted by Crippen LogP contribution is 2.29. The van der Waals surface area contributed by atoms with Crippen LogP contribution in [0.2, 0.25) is 0 Å². The van der Waals surface area contributed by atoms with Crippen LogP contribution in [-0.2, 0) is 29.2 Å². The van der Waals surface area contributed by atoms with E-state index in [4.69, 9.17) is 14.6 Å².